The fourth-order valence-corrected chi connectivity index (χ4v) is 4.94. The van der Waals surface area contributed by atoms with Crippen LogP contribution in [0.15, 0.2) is 24.3 Å². The zero-order valence-electron chi connectivity index (χ0n) is 23.9. The van der Waals surface area contributed by atoms with E-state index in [1.807, 2.05) is 0 Å². The third-order valence-electron chi connectivity index (χ3n) is 6.95. The SMILES string of the molecule is CCCCCCN(CCCCCC)Cc1c(OC(C)C)cc(-c2c(CC)cccc2CC)nc1C. The van der Waals surface area contributed by atoms with Crippen molar-refractivity contribution in [2.24, 2.45) is 0 Å². The highest BCUT2D eigenvalue weighted by Gasteiger charge is 2.19. The van der Waals surface area contributed by atoms with Crippen LogP contribution in [0.25, 0.3) is 11.3 Å². The molecule has 3 nitrogen and oxygen atoms in total. The number of aryl methyl sites for hydroxylation is 3. The molecule has 0 unspecified atom stereocenters. The third-order valence-corrected chi connectivity index (χ3v) is 6.95. The molecule has 1 aromatic heterocycles. The summed E-state index contributed by atoms with van der Waals surface area (Å²) < 4.78 is 6.46. The van der Waals surface area contributed by atoms with E-state index in [0.717, 1.165) is 49.6 Å². The van der Waals surface area contributed by atoms with E-state index in [1.54, 1.807) is 0 Å². The Morgan fingerprint density at radius 1 is 0.829 bits per heavy atom. The smallest absolute Gasteiger partial charge is 0.128 e. The summed E-state index contributed by atoms with van der Waals surface area (Å²) in [4.78, 5) is 7.85. The van der Waals surface area contributed by atoms with Crippen LogP contribution in [0.3, 0.4) is 0 Å². The average Bonchev–Trinajstić information content (AvgIpc) is 2.84. The van der Waals surface area contributed by atoms with Crippen LogP contribution in [-0.2, 0) is 19.4 Å². The standard InChI is InChI=1S/C32H52N2O/c1-8-12-14-16-21-34(22-17-15-13-9-2)24-29-26(7)33-30(23-31(29)35-25(5)6)32-27(10-3)19-18-20-28(32)11-4/h18-20,23,25H,8-17,21-22,24H2,1-7H3. The minimum absolute atomic E-state index is 0.137. The number of nitrogens with zero attached hydrogens (tertiary/aromatic N) is 2. The first-order valence-electron chi connectivity index (χ1n) is 14.5. The van der Waals surface area contributed by atoms with E-state index in [0.29, 0.717) is 0 Å². The Morgan fingerprint density at radius 3 is 1.89 bits per heavy atom. The number of pyridine rings is 1. The lowest BCUT2D eigenvalue weighted by Crippen LogP contribution is -2.27. The van der Waals surface area contributed by atoms with Gasteiger partial charge in [0, 0.05) is 29.4 Å². The van der Waals surface area contributed by atoms with Gasteiger partial charge in [-0.3, -0.25) is 9.88 Å². The van der Waals surface area contributed by atoms with Gasteiger partial charge in [-0.1, -0.05) is 84.4 Å². The summed E-state index contributed by atoms with van der Waals surface area (Å²) in [6.07, 6.45) is 12.6. The second-order valence-electron chi connectivity index (χ2n) is 10.3. The molecule has 0 fully saturated rings. The van der Waals surface area contributed by atoms with Gasteiger partial charge in [-0.25, -0.2) is 0 Å². The van der Waals surface area contributed by atoms with Crippen molar-refractivity contribution >= 4 is 0 Å². The molecule has 196 valence electrons. The maximum atomic E-state index is 6.46. The van der Waals surface area contributed by atoms with E-state index >= 15 is 0 Å². The minimum atomic E-state index is 0.137. The lowest BCUT2D eigenvalue weighted by molar-refractivity contribution is 0.222. The van der Waals surface area contributed by atoms with Crippen molar-refractivity contribution in [2.45, 2.75) is 125 Å². The Balaban J connectivity index is 2.40. The van der Waals surface area contributed by atoms with E-state index < -0.39 is 0 Å². The maximum absolute atomic E-state index is 6.46. The number of aromatic nitrogens is 1. The number of rotatable bonds is 17. The molecule has 0 saturated carbocycles. The summed E-state index contributed by atoms with van der Waals surface area (Å²) in [6.45, 7) is 18.7. The number of unbranched alkanes of at least 4 members (excludes halogenated alkanes) is 6. The van der Waals surface area contributed by atoms with Crippen molar-refractivity contribution in [3.8, 4) is 17.0 Å². The van der Waals surface area contributed by atoms with Crippen molar-refractivity contribution in [3.05, 3.63) is 46.6 Å². The predicted octanol–water partition coefficient (Wildman–Crippen LogP) is 8.93. The van der Waals surface area contributed by atoms with Gasteiger partial charge in [0.25, 0.3) is 0 Å². The molecule has 0 spiro atoms. The van der Waals surface area contributed by atoms with E-state index in [1.165, 1.54) is 73.6 Å². The molecule has 1 heterocycles. The van der Waals surface area contributed by atoms with Gasteiger partial charge < -0.3 is 4.74 Å². The molecule has 0 aliphatic rings. The van der Waals surface area contributed by atoms with E-state index in [9.17, 15) is 0 Å². The summed E-state index contributed by atoms with van der Waals surface area (Å²) in [6, 6.07) is 8.90. The second kappa shape index (κ2) is 16.0. The van der Waals surface area contributed by atoms with Gasteiger partial charge in [-0.15, -0.1) is 0 Å². The molecular formula is C32H52N2O. The van der Waals surface area contributed by atoms with Gasteiger partial charge >= 0.3 is 0 Å². The molecule has 0 N–H and O–H groups in total. The molecule has 0 amide bonds. The molecule has 0 radical (unpaired) electrons. The van der Waals surface area contributed by atoms with Crippen LogP contribution in [0.4, 0.5) is 0 Å². The Morgan fingerprint density at radius 2 is 1.40 bits per heavy atom. The maximum Gasteiger partial charge on any atom is 0.128 e. The normalized spacial score (nSPS) is 11.6. The summed E-state index contributed by atoms with van der Waals surface area (Å²) >= 11 is 0. The van der Waals surface area contributed by atoms with Crippen molar-refractivity contribution in [1.29, 1.82) is 0 Å². The van der Waals surface area contributed by atoms with Crippen molar-refractivity contribution in [3.63, 3.8) is 0 Å². The summed E-state index contributed by atoms with van der Waals surface area (Å²) in [5.74, 6) is 1.02. The van der Waals surface area contributed by atoms with E-state index in [2.05, 4.69) is 77.6 Å². The zero-order chi connectivity index (χ0) is 25.6. The number of hydrogen-bond donors (Lipinski definition) is 0. The molecule has 0 aliphatic carbocycles. The number of hydrogen-bond acceptors (Lipinski definition) is 3. The molecule has 3 heteroatoms. The van der Waals surface area contributed by atoms with Crippen LogP contribution in [-0.4, -0.2) is 29.1 Å². The first-order valence-corrected chi connectivity index (χ1v) is 14.5. The number of ether oxygens (including phenoxy) is 1. The Hall–Kier alpha value is -1.87. The van der Waals surface area contributed by atoms with Gasteiger partial charge in [-0.05, 0) is 70.7 Å². The molecule has 0 bridgehead atoms. The van der Waals surface area contributed by atoms with Gasteiger partial charge in [-0.2, -0.15) is 0 Å². The monoisotopic (exact) mass is 480 g/mol. The van der Waals surface area contributed by atoms with Crippen molar-refractivity contribution in [1.82, 2.24) is 9.88 Å². The average molecular weight is 481 g/mol. The first kappa shape index (κ1) is 29.4. The van der Waals surface area contributed by atoms with E-state index in [4.69, 9.17) is 9.72 Å². The highest BCUT2D eigenvalue weighted by atomic mass is 16.5. The Kier molecular flexibility index (Phi) is 13.4. The molecular weight excluding hydrogens is 428 g/mol. The van der Waals surface area contributed by atoms with Crippen LogP contribution in [0.5, 0.6) is 5.75 Å². The fourth-order valence-electron chi connectivity index (χ4n) is 4.94. The highest BCUT2D eigenvalue weighted by molar-refractivity contribution is 5.70. The van der Waals surface area contributed by atoms with Gasteiger partial charge in [0.1, 0.15) is 5.75 Å². The number of benzene rings is 1. The van der Waals surface area contributed by atoms with Crippen LogP contribution < -0.4 is 4.74 Å². The molecule has 35 heavy (non-hydrogen) atoms. The third kappa shape index (κ3) is 9.26. The Bertz CT molecular complexity index is 840. The molecule has 0 aliphatic heterocycles. The lowest BCUT2D eigenvalue weighted by Gasteiger charge is -2.26. The van der Waals surface area contributed by atoms with Crippen LogP contribution in [0.1, 0.15) is 115 Å². The van der Waals surface area contributed by atoms with Crippen molar-refractivity contribution in [2.75, 3.05) is 13.1 Å². The zero-order valence-corrected chi connectivity index (χ0v) is 23.9. The second-order valence-corrected chi connectivity index (χ2v) is 10.3. The van der Waals surface area contributed by atoms with Crippen molar-refractivity contribution < 1.29 is 4.74 Å². The highest BCUT2D eigenvalue weighted by Crippen LogP contribution is 2.34. The topological polar surface area (TPSA) is 25.4 Å². The molecule has 1 aromatic carbocycles. The summed E-state index contributed by atoms with van der Waals surface area (Å²) in [7, 11) is 0. The van der Waals surface area contributed by atoms with Gasteiger partial charge in [0.05, 0.1) is 11.8 Å². The van der Waals surface area contributed by atoms with Crippen LogP contribution >= 0.6 is 0 Å². The molecule has 2 aromatic rings. The van der Waals surface area contributed by atoms with Gasteiger partial charge in [0.15, 0.2) is 0 Å². The quantitative estimate of drug-likeness (QED) is 0.211. The minimum Gasteiger partial charge on any atom is -0.491 e. The first-order chi connectivity index (χ1) is 16.9. The van der Waals surface area contributed by atoms with Crippen LogP contribution in [0, 0.1) is 6.92 Å². The Labute approximate surface area is 216 Å². The fraction of sp³-hybridized carbons (Fsp3) is 0.656. The summed E-state index contributed by atoms with van der Waals surface area (Å²) in [5, 5.41) is 0. The van der Waals surface area contributed by atoms with Crippen LogP contribution in [0.2, 0.25) is 0 Å². The summed E-state index contributed by atoms with van der Waals surface area (Å²) in [5.41, 5.74) is 7.48. The largest absolute Gasteiger partial charge is 0.491 e. The predicted molar refractivity (Wildman–Crippen MR) is 152 cm³/mol. The molecule has 2 rings (SSSR count). The lowest BCUT2D eigenvalue weighted by atomic mass is 9.94. The van der Waals surface area contributed by atoms with E-state index in [-0.39, 0.29) is 6.10 Å². The van der Waals surface area contributed by atoms with Gasteiger partial charge in [0.2, 0.25) is 0 Å². The molecule has 0 saturated heterocycles. The molecule has 0 atom stereocenters.